The molecule has 0 fully saturated rings. The van der Waals surface area contributed by atoms with Crippen LogP contribution in [0.4, 0.5) is 5.69 Å². The minimum Gasteiger partial charge on any atom is -0.247 e. The highest BCUT2D eigenvalue weighted by molar-refractivity contribution is 6.37. The zero-order valence-electron chi connectivity index (χ0n) is 17.2. The number of para-hydroxylation sites is 1. The van der Waals surface area contributed by atoms with E-state index in [-0.39, 0.29) is 0 Å². The molecule has 0 spiro atoms. The van der Waals surface area contributed by atoms with Gasteiger partial charge in [0.25, 0.3) is 0 Å². The van der Waals surface area contributed by atoms with Crippen molar-refractivity contribution in [2.45, 2.75) is 39.5 Å². The number of rotatable bonds is 3. The van der Waals surface area contributed by atoms with Crippen molar-refractivity contribution in [2.24, 2.45) is 4.99 Å². The van der Waals surface area contributed by atoms with Crippen molar-refractivity contribution >= 4 is 17.0 Å². The van der Waals surface area contributed by atoms with Gasteiger partial charge in [-0.3, -0.25) is 0 Å². The molecule has 0 amide bonds. The molecule has 0 atom stereocenters. The Morgan fingerprint density at radius 2 is 1.07 bits per heavy atom. The normalized spacial score (nSPS) is 14.5. The second kappa shape index (κ2) is 7.24. The molecule has 0 saturated heterocycles. The van der Waals surface area contributed by atoms with Gasteiger partial charge in [0.05, 0.1) is 11.4 Å². The highest BCUT2D eigenvalue weighted by Gasteiger charge is 2.25. The largest absolute Gasteiger partial charge is 0.247 e. The number of allylic oxidation sites excluding steroid dienone is 1. The highest BCUT2D eigenvalue weighted by Crippen LogP contribution is 2.41. The third-order valence-corrected chi connectivity index (χ3v) is 5.58. The number of fused-ring (bicyclic) bond motifs is 3. The van der Waals surface area contributed by atoms with Crippen molar-refractivity contribution < 1.29 is 0 Å². The van der Waals surface area contributed by atoms with Gasteiger partial charge in [0.15, 0.2) is 0 Å². The molecule has 1 heteroatoms. The summed E-state index contributed by atoms with van der Waals surface area (Å²) in [5, 5.41) is 0. The minimum absolute atomic E-state index is 0.414. The van der Waals surface area contributed by atoms with E-state index in [1.165, 1.54) is 33.4 Å². The number of aliphatic imine (C=N–C) groups is 1. The maximum absolute atomic E-state index is 5.30. The first-order chi connectivity index (χ1) is 13.5. The Morgan fingerprint density at radius 1 is 0.607 bits per heavy atom. The smallest absolute Gasteiger partial charge is 0.0788 e. The summed E-state index contributed by atoms with van der Waals surface area (Å²) in [6, 6.07) is 23.6. The summed E-state index contributed by atoms with van der Waals surface area (Å²) in [5.74, 6) is 0.829. The van der Waals surface area contributed by atoms with E-state index in [2.05, 4.69) is 101 Å². The third kappa shape index (κ3) is 3.01. The van der Waals surface area contributed by atoms with E-state index in [9.17, 15) is 0 Å². The van der Waals surface area contributed by atoms with E-state index in [1.54, 1.807) is 0 Å². The van der Waals surface area contributed by atoms with Crippen LogP contribution in [-0.4, -0.2) is 5.71 Å². The lowest BCUT2D eigenvalue weighted by Gasteiger charge is -2.25. The molecule has 0 saturated carbocycles. The van der Waals surface area contributed by atoms with E-state index >= 15 is 0 Å². The van der Waals surface area contributed by atoms with Gasteiger partial charge >= 0.3 is 0 Å². The molecule has 0 aromatic heterocycles. The average molecular weight is 366 g/mol. The van der Waals surface area contributed by atoms with Gasteiger partial charge in [-0.15, -0.1) is 0 Å². The SMILES string of the molecule is C=C1C(=Nc2c(C(C)C)cccc2C(C)C)c2ccccc2-c2ccccc21. The van der Waals surface area contributed by atoms with Gasteiger partial charge < -0.3 is 0 Å². The lowest BCUT2D eigenvalue weighted by molar-refractivity contribution is 0.835. The molecule has 3 aromatic rings. The van der Waals surface area contributed by atoms with Gasteiger partial charge in [0.1, 0.15) is 0 Å². The lowest BCUT2D eigenvalue weighted by Crippen LogP contribution is -2.12. The Labute approximate surface area is 168 Å². The number of benzene rings is 3. The fourth-order valence-corrected chi connectivity index (χ4v) is 4.08. The van der Waals surface area contributed by atoms with Crippen LogP contribution in [0.1, 0.15) is 61.8 Å². The zero-order valence-corrected chi connectivity index (χ0v) is 17.2. The average Bonchev–Trinajstić information content (AvgIpc) is 2.70. The first-order valence-corrected chi connectivity index (χ1v) is 10.1. The monoisotopic (exact) mass is 365 g/mol. The Balaban J connectivity index is 2.01. The van der Waals surface area contributed by atoms with Crippen LogP contribution in [-0.2, 0) is 0 Å². The summed E-state index contributed by atoms with van der Waals surface area (Å²) < 4.78 is 0. The van der Waals surface area contributed by atoms with Crippen molar-refractivity contribution in [3.05, 3.63) is 95.6 Å². The number of hydrogen-bond acceptors (Lipinski definition) is 1. The molecule has 4 rings (SSSR count). The van der Waals surface area contributed by atoms with Gasteiger partial charge in [-0.2, -0.15) is 0 Å². The molecule has 0 heterocycles. The first-order valence-electron chi connectivity index (χ1n) is 10.1. The molecule has 1 aliphatic rings. The Kier molecular flexibility index (Phi) is 4.77. The van der Waals surface area contributed by atoms with Gasteiger partial charge in [-0.05, 0) is 39.7 Å². The van der Waals surface area contributed by atoms with E-state index in [0.29, 0.717) is 11.8 Å². The molecular formula is C27H27N. The second-order valence-electron chi connectivity index (χ2n) is 8.12. The molecule has 28 heavy (non-hydrogen) atoms. The Bertz CT molecular complexity index is 1060. The number of hydrogen-bond donors (Lipinski definition) is 0. The molecule has 1 nitrogen and oxygen atoms in total. The standard InChI is InChI=1S/C27H27N/c1-17(2)20-15-10-16-21(18(3)4)27(20)28-26-19(5)22-11-6-7-12-23(22)24-13-8-9-14-25(24)26/h6-18H,5H2,1-4H3. The molecular weight excluding hydrogens is 338 g/mol. The first kappa shape index (κ1) is 18.4. The van der Waals surface area contributed by atoms with Crippen LogP contribution in [0, 0.1) is 0 Å². The summed E-state index contributed by atoms with van der Waals surface area (Å²) in [7, 11) is 0. The summed E-state index contributed by atoms with van der Waals surface area (Å²) in [6.07, 6.45) is 0. The Hall–Kier alpha value is -2.93. The van der Waals surface area contributed by atoms with Crippen molar-refractivity contribution in [1.82, 2.24) is 0 Å². The fourth-order valence-electron chi connectivity index (χ4n) is 4.08. The quantitative estimate of drug-likeness (QED) is 0.450. The minimum atomic E-state index is 0.414. The molecule has 140 valence electrons. The van der Waals surface area contributed by atoms with Crippen LogP contribution in [0.5, 0.6) is 0 Å². The lowest BCUT2D eigenvalue weighted by atomic mass is 9.81. The van der Waals surface area contributed by atoms with Crippen LogP contribution in [0.3, 0.4) is 0 Å². The Morgan fingerprint density at radius 3 is 1.61 bits per heavy atom. The van der Waals surface area contributed by atoms with Gasteiger partial charge in [-0.1, -0.05) is 101 Å². The summed E-state index contributed by atoms with van der Waals surface area (Å²) in [6.45, 7) is 13.4. The summed E-state index contributed by atoms with van der Waals surface area (Å²) in [5.41, 5.74) is 10.5. The van der Waals surface area contributed by atoms with Crippen molar-refractivity contribution in [2.75, 3.05) is 0 Å². The number of nitrogens with zero attached hydrogens (tertiary/aromatic N) is 1. The molecule has 3 aromatic carbocycles. The van der Waals surface area contributed by atoms with E-state index in [0.717, 1.165) is 17.0 Å². The maximum Gasteiger partial charge on any atom is 0.0788 e. The van der Waals surface area contributed by atoms with Gasteiger partial charge in [0.2, 0.25) is 0 Å². The van der Waals surface area contributed by atoms with Crippen LogP contribution < -0.4 is 0 Å². The van der Waals surface area contributed by atoms with Gasteiger partial charge in [0, 0.05) is 11.1 Å². The fraction of sp³-hybridized carbons (Fsp3) is 0.222. The van der Waals surface area contributed by atoms with Crippen LogP contribution in [0.25, 0.3) is 16.7 Å². The van der Waals surface area contributed by atoms with Crippen molar-refractivity contribution in [3.8, 4) is 11.1 Å². The second-order valence-corrected chi connectivity index (χ2v) is 8.12. The van der Waals surface area contributed by atoms with Crippen LogP contribution in [0.15, 0.2) is 78.3 Å². The van der Waals surface area contributed by atoms with Crippen LogP contribution in [0.2, 0.25) is 0 Å². The highest BCUT2D eigenvalue weighted by atomic mass is 14.8. The van der Waals surface area contributed by atoms with E-state index in [4.69, 9.17) is 4.99 Å². The topological polar surface area (TPSA) is 12.4 Å². The molecule has 0 aliphatic heterocycles. The molecule has 1 aliphatic carbocycles. The predicted octanol–water partition coefficient (Wildman–Crippen LogP) is 7.75. The molecule has 0 N–H and O–H groups in total. The van der Waals surface area contributed by atoms with Crippen LogP contribution >= 0.6 is 0 Å². The zero-order chi connectivity index (χ0) is 19.8. The third-order valence-electron chi connectivity index (χ3n) is 5.58. The molecule has 0 radical (unpaired) electrons. The van der Waals surface area contributed by atoms with Crippen molar-refractivity contribution in [3.63, 3.8) is 0 Å². The molecule has 0 unspecified atom stereocenters. The molecule has 0 bridgehead atoms. The maximum atomic E-state index is 5.30. The van der Waals surface area contributed by atoms with Gasteiger partial charge in [-0.25, -0.2) is 4.99 Å². The van der Waals surface area contributed by atoms with E-state index < -0.39 is 0 Å². The predicted molar refractivity (Wildman–Crippen MR) is 122 cm³/mol. The summed E-state index contributed by atoms with van der Waals surface area (Å²) in [4.78, 5) is 5.30. The van der Waals surface area contributed by atoms with Crippen molar-refractivity contribution in [1.29, 1.82) is 0 Å². The van der Waals surface area contributed by atoms with E-state index in [1.807, 2.05) is 0 Å². The summed E-state index contributed by atoms with van der Waals surface area (Å²) >= 11 is 0.